The molecule has 1 amide bonds. The number of hydrogen-bond donors (Lipinski definition) is 0. The molecule has 1 fully saturated rings. The van der Waals surface area contributed by atoms with Gasteiger partial charge in [0.15, 0.2) is 0 Å². The molecule has 0 aliphatic carbocycles. The van der Waals surface area contributed by atoms with Crippen LogP contribution in [0.3, 0.4) is 0 Å². The highest BCUT2D eigenvalue weighted by molar-refractivity contribution is 7.99. The summed E-state index contributed by atoms with van der Waals surface area (Å²) in [5, 5.41) is 0.0779. The Morgan fingerprint density at radius 1 is 1.12 bits per heavy atom. The van der Waals surface area contributed by atoms with Gasteiger partial charge in [-0.15, -0.1) is 11.8 Å². The highest BCUT2D eigenvalue weighted by Gasteiger charge is 2.32. The van der Waals surface area contributed by atoms with Crippen LogP contribution in [0.5, 0.6) is 11.5 Å². The Kier molecular flexibility index (Phi) is 5.38. The molecule has 0 spiro atoms. The molecule has 4 heteroatoms. The monoisotopic (exact) mass is 355 g/mol. The first kappa shape index (κ1) is 17.9. The fraction of sp³-hybridized carbons (Fsp3) is 0.381. The smallest absolute Gasteiger partial charge is 0.224 e. The maximum absolute atomic E-state index is 12.7. The Bertz CT molecular complexity index is 724. The third-order valence-corrected chi connectivity index (χ3v) is 5.28. The van der Waals surface area contributed by atoms with Gasteiger partial charge in [0, 0.05) is 18.7 Å². The second-order valence-electron chi connectivity index (χ2n) is 7.54. The maximum atomic E-state index is 12.7. The van der Waals surface area contributed by atoms with Crippen LogP contribution in [0, 0.1) is 5.41 Å². The zero-order valence-electron chi connectivity index (χ0n) is 15.1. The zero-order chi connectivity index (χ0) is 17.9. The fourth-order valence-electron chi connectivity index (χ4n) is 2.91. The number of rotatable bonds is 4. The van der Waals surface area contributed by atoms with Crippen LogP contribution in [0.4, 0.5) is 0 Å². The summed E-state index contributed by atoms with van der Waals surface area (Å²) in [6.07, 6.45) is 0.574. The average molecular weight is 356 g/mol. The predicted octanol–water partition coefficient (Wildman–Crippen LogP) is 5.49. The van der Waals surface area contributed by atoms with Gasteiger partial charge in [-0.05, 0) is 35.2 Å². The number of nitrogens with zero attached hydrogens (tertiary/aromatic N) is 1. The van der Waals surface area contributed by atoms with Crippen LogP contribution in [0.25, 0.3) is 0 Å². The molecule has 25 heavy (non-hydrogen) atoms. The van der Waals surface area contributed by atoms with Gasteiger partial charge in [-0.25, -0.2) is 0 Å². The van der Waals surface area contributed by atoms with E-state index in [0.717, 1.165) is 29.4 Å². The minimum absolute atomic E-state index is 0.00710. The number of benzene rings is 2. The molecule has 0 N–H and O–H groups in total. The van der Waals surface area contributed by atoms with Gasteiger partial charge in [0.25, 0.3) is 0 Å². The Labute approximate surface area is 154 Å². The molecule has 1 atom stereocenters. The van der Waals surface area contributed by atoms with Gasteiger partial charge < -0.3 is 9.64 Å². The van der Waals surface area contributed by atoms with Crippen molar-refractivity contribution in [3.05, 3.63) is 60.2 Å². The average Bonchev–Trinajstić information content (AvgIpc) is 3.04. The molecule has 0 saturated carbocycles. The maximum Gasteiger partial charge on any atom is 0.224 e. The number of carbonyl (C=O) groups is 1. The lowest BCUT2D eigenvalue weighted by molar-refractivity contribution is -0.133. The topological polar surface area (TPSA) is 29.5 Å². The van der Waals surface area contributed by atoms with Crippen molar-refractivity contribution >= 4 is 17.7 Å². The predicted molar refractivity (Wildman–Crippen MR) is 104 cm³/mol. The molecule has 1 unspecified atom stereocenters. The van der Waals surface area contributed by atoms with Gasteiger partial charge in [-0.2, -0.15) is 0 Å². The van der Waals surface area contributed by atoms with Gasteiger partial charge in [0.05, 0.1) is 0 Å². The number of hydrogen-bond acceptors (Lipinski definition) is 3. The van der Waals surface area contributed by atoms with Crippen LogP contribution < -0.4 is 4.74 Å². The molecule has 3 nitrogen and oxygen atoms in total. The van der Waals surface area contributed by atoms with E-state index in [1.54, 1.807) is 0 Å². The minimum Gasteiger partial charge on any atom is -0.457 e. The number of para-hydroxylation sites is 1. The first-order valence-corrected chi connectivity index (χ1v) is 9.71. The van der Waals surface area contributed by atoms with Crippen LogP contribution in [0.15, 0.2) is 54.6 Å². The highest BCUT2D eigenvalue weighted by atomic mass is 32.2. The van der Waals surface area contributed by atoms with Crippen LogP contribution in [0.2, 0.25) is 0 Å². The first-order valence-electron chi connectivity index (χ1n) is 8.66. The Hall–Kier alpha value is -1.94. The lowest BCUT2D eigenvalue weighted by atomic mass is 9.91. The van der Waals surface area contributed by atoms with E-state index < -0.39 is 0 Å². The third-order valence-electron chi connectivity index (χ3n) is 4.02. The fourth-order valence-corrected chi connectivity index (χ4v) is 4.18. The summed E-state index contributed by atoms with van der Waals surface area (Å²) in [6.45, 7) is 7.14. The van der Waals surface area contributed by atoms with Crippen molar-refractivity contribution in [2.45, 2.75) is 32.6 Å². The van der Waals surface area contributed by atoms with Gasteiger partial charge in [-0.1, -0.05) is 51.1 Å². The summed E-state index contributed by atoms with van der Waals surface area (Å²) in [5.74, 6) is 2.83. The molecule has 1 aliphatic heterocycles. The van der Waals surface area contributed by atoms with E-state index in [0.29, 0.717) is 6.42 Å². The summed E-state index contributed by atoms with van der Waals surface area (Å²) in [4.78, 5) is 14.7. The van der Waals surface area contributed by atoms with Gasteiger partial charge in [0.1, 0.15) is 16.9 Å². The van der Waals surface area contributed by atoms with E-state index in [1.165, 1.54) is 0 Å². The molecule has 1 saturated heterocycles. The molecule has 132 valence electrons. The van der Waals surface area contributed by atoms with Crippen molar-refractivity contribution in [2.75, 3.05) is 12.3 Å². The quantitative estimate of drug-likeness (QED) is 0.726. The Morgan fingerprint density at radius 2 is 1.84 bits per heavy atom. The van der Waals surface area contributed by atoms with E-state index in [-0.39, 0.29) is 16.7 Å². The van der Waals surface area contributed by atoms with E-state index in [1.807, 2.05) is 65.2 Å². The summed E-state index contributed by atoms with van der Waals surface area (Å²) in [5.41, 5.74) is 1.13. The summed E-state index contributed by atoms with van der Waals surface area (Å²) in [6, 6.07) is 17.9. The summed E-state index contributed by atoms with van der Waals surface area (Å²) >= 11 is 1.82. The normalized spacial score (nSPS) is 17.6. The molecule has 0 aromatic heterocycles. The van der Waals surface area contributed by atoms with Crippen LogP contribution in [-0.4, -0.2) is 23.1 Å². The lowest BCUT2D eigenvalue weighted by Gasteiger charge is -2.28. The number of carbonyl (C=O) groups excluding carboxylic acids is 1. The summed E-state index contributed by atoms with van der Waals surface area (Å²) in [7, 11) is 0. The van der Waals surface area contributed by atoms with E-state index in [2.05, 4.69) is 26.8 Å². The standard InChI is InChI=1S/C21H25NO2S/c1-21(2,3)15-19(23)22-12-13-25-20(22)16-8-7-11-18(14-16)24-17-9-5-4-6-10-17/h4-11,14,20H,12-13,15H2,1-3H3. The van der Waals surface area contributed by atoms with Gasteiger partial charge >= 0.3 is 0 Å². The van der Waals surface area contributed by atoms with Crippen LogP contribution in [0.1, 0.15) is 38.1 Å². The molecule has 1 aliphatic rings. The molecule has 1 heterocycles. The number of thioether (sulfide) groups is 1. The second kappa shape index (κ2) is 7.52. The number of ether oxygens (including phenoxy) is 1. The second-order valence-corrected chi connectivity index (χ2v) is 8.72. The Balaban J connectivity index is 1.76. The van der Waals surface area contributed by atoms with Crippen molar-refractivity contribution in [2.24, 2.45) is 5.41 Å². The van der Waals surface area contributed by atoms with Crippen LogP contribution in [-0.2, 0) is 4.79 Å². The zero-order valence-corrected chi connectivity index (χ0v) is 15.9. The van der Waals surface area contributed by atoms with Crippen molar-refractivity contribution in [1.82, 2.24) is 4.90 Å². The molecular weight excluding hydrogens is 330 g/mol. The van der Waals surface area contributed by atoms with Crippen LogP contribution >= 0.6 is 11.8 Å². The number of amides is 1. The van der Waals surface area contributed by atoms with Crippen molar-refractivity contribution in [3.8, 4) is 11.5 Å². The van der Waals surface area contributed by atoms with Gasteiger partial charge in [-0.3, -0.25) is 4.79 Å². The molecule has 0 bridgehead atoms. The van der Waals surface area contributed by atoms with Crippen molar-refractivity contribution in [1.29, 1.82) is 0 Å². The van der Waals surface area contributed by atoms with Gasteiger partial charge in [0.2, 0.25) is 5.91 Å². The largest absolute Gasteiger partial charge is 0.457 e. The summed E-state index contributed by atoms with van der Waals surface area (Å²) < 4.78 is 5.94. The highest BCUT2D eigenvalue weighted by Crippen LogP contribution is 2.40. The molecule has 3 rings (SSSR count). The van der Waals surface area contributed by atoms with E-state index in [9.17, 15) is 4.79 Å². The van der Waals surface area contributed by atoms with Crippen molar-refractivity contribution in [3.63, 3.8) is 0 Å². The third kappa shape index (κ3) is 4.79. The SMILES string of the molecule is CC(C)(C)CC(=O)N1CCSC1c1cccc(Oc2ccccc2)c1. The minimum atomic E-state index is 0.00710. The molecule has 2 aromatic carbocycles. The van der Waals surface area contributed by atoms with Crippen molar-refractivity contribution < 1.29 is 9.53 Å². The first-order chi connectivity index (χ1) is 11.9. The molecule has 0 radical (unpaired) electrons. The Morgan fingerprint density at radius 3 is 2.56 bits per heavy atom. The molecular formula is C21H25NO2S. The molecule has 2 aromatic rings. The lowest BCUT2D eigenvalue weighted by Crippen LogP contribution is -2.33. The van der Waals surface area contributed by atoms with E-state index >= 15 is 0 Å². The van der Waals surface area contributed by atoms with E-state index in [4.69, 9.17) is 4.74 Å².